The summed E-state index contributed by atoms with van der Waals surface area (Å²) in [7, 11) is -3.80. The molecule has 0 aliphatic carbocycles. The summed E-state index contributed by atoms with van der Waals surface area (Å²) in [5.41, 5.74) is 1.16. The molecule has 1 aromatic carbocycles. The third kappa shape index (κ3) is 2.28. The Kier molecular flexibility index (Phi) is 2.62. The van der Waals surface area contributed by atoms with Gasteiger partial charge in [-0.2, -0.15) is 8.42 Å². The number of rotatable bonds is 2. The van der Waals surface area contributed by atoms with Crippen molar-refractivity contribution < 1.29 is 18.3 Å². The van der Waals surface area contributed by atoms with Crippen LogP contribution in [0.1, 0.15) is 12.0 Å². The van der Waals surface area contributed by atoms with Gasteiger partial charge in [-0.1, -0.05) is 6.07 Å². The molecule has 0 saturated heterocycles. The molecule has 0 spiro atoms. The first-order chi connectivity index (χ1) is 7.88. The van der Waals surface area contributed by atoms with Gasteiger partial charge in [0.05, 0.1) is 5.69 Å². The topological polar surface area (TPSA) is 95.8 Å². The highest BCUT2D eigenvalue weighted by molar-refractivity contribution is 7.90. The van der Waals surface area contributed by atoms with Crippen molar-refractivity contribution in [1.29, 1.82) is 0 Å². The number of carbonyl (C=O) groups is 1. The maximum Gasteiger partial charge on any atom is 0.311 e. The van der Waals surface area contributed by atoms with Gasteiger partial charge in [-0.05, 0) is 24.6 Å². The summed E-state index contributed by atoms with van der Waals surface area (Å²) >= 11 is 0. The fourth-order valence-electron chi connectivity index (χ4n) is 1.54. The molecule has 0 unspecified atom stereocenters. The smallest absolute Gasteiger partial charge is 0.311 e. The number of anilines is 1. The molecule has 0 amide bonds. The third-order valence-electron chi connectivity index (χ3n) is 2.24. The molecule has 0 atom stereocenters. The van der Waals surface area contributed by atoms with Crippen molar-refractivity contribution in [3.05, 3.63) is 23.8 Å². The van der Waals surface area contributed by atoms with Gasteiger partial charge in [0.15, 0.2) is 0 Å². The third-order valence-corrected chi connectivity index (χ3v) is 3.60. The van der Waals surface area contributed by atoms with Gasteiger partial charge in [0.2, 0.25) is 0 Å². The highest BCUT2D eigenvalue weighted by Gasteiger charge is 2.25. The van der Waals surface area contributed by atoms with E-state index in [1.54, 1.807) is 19.1 Å². The van der Waals surface area contributed by atoms with Crippen molar-refractivity contribution in [2.75, 3.05) is 5.32 Å². The fraction of sp³-hybridized carbons (Fsp3) is 0.200. The van der Waals surface area contributed by atoms with Crippen LogP contribution in [0.4, 0.5) is 5.69 Å². The lowest BCUT2D eigenvalue weighted by Crippen LogP contribution is -2.23. The summed E-state index contributed by atoms with van der Waals surface area (Å²) < 4.78 is 27.0. The van der Waals surface area contributed by atoms with E-state index in [4.69, 9.17) is 5.11 Å². The predicted octanol–water partition coefficient (Wildman–Crippen LogP) is 0.982. The Labute approximate surface area is 98.0 Å². The molecule has 0 bridgehead atoms. The molecule has 1 aromatic rings. The van der Waals surface area contributed by atoms with E-state index in [1.807, 2.05) is 0 Å². The molecule has 2 rings (SSSR count). The van der Waals surface area contributed by atoms with Crippen molar-refractivity contribution in [3.8, 4) is 0 Å². The summed E-state index contributed by atoms with van der Waals surface area (Å²) in [5, 5.41) is 11.3. The average Bonchev–Trinajstić information content (AvgIpc) is 2.17. The van der Waals surface area contributed by atoms with Crippen LogP contribution in [0.25, 0.3) is 0 Å². The second-order valence-corrected chi connectivity index (χ2v) is 5.28. The van der Waals surface area contributed by atoms with Gasteiger partial charge >= 0.3 is 5.97 Å². The minimum Gasteiger partial charge on any atom is -0.481 e. The molecule has 0 fully saturated rings. The molecular weight excluding hydrogens is 244 g/mol. The van der Waals surface area contributed by atoms with Gasteiger partial charge in [0, 0.05) is 0 Å². The van der Waals surface area contributed by atoms with Crippen LogP contribution in [0.5, 0.6) is 0 Å². The summed E-state index contributed by atoms with van der Waals surface area (Å²) in [6, 6.07) is 4.84. The molecule has 2 N–H and O–H groups in total. The number of sulfonamides is 1. The first-order valence-corrected chi connectivity index (χ1v) is 6.26. The zero-order chi connectivity index (χ0) is 12.6. The SMILES string of the molecule is Cc1ccc2c(c1)S(=O)(=O)N=C(CC(=O)O)N2. The summed E-state index contributed by atoms with van der Waals surface area (Å²) in [5.74, 6) is -1.21. The first-order valence-electron chi connectivity index (χ1n) is 4.82. The summed E-state index contributed by atoms with van der Waals surface area (Å²) in [6.45, 7) is 1.77. The van der Waals surface area contributed by atoms with Crippen molar-refractivity contribution in [1.82, 2.24) is 0 Å². The van der Waals surface area contributed by atoms with E-state index in [0.717, 1.165) is 5.56 Å². The molecule has 0 saturated carbocycles. The van der Waals surface area contributed by atoms with E-state index in [2.05, 4.69) is 9.71 Å². The maximum absolute atomic E-state index is 11.8. The van der Waals surface area contributed by atoms with Crippen LogP contribution in [0.3, 0.4) is 0 Å². The van der Waals surface area contributed by atoms with Gasteiger partial charge in [0.1, 0.15) is 17.2 Å². The quantitative estimate of drug-likeness (QED) is 0.820. The molecule has 0 radical (unpaired) electrons. The first kappa shape index (κ1) is 11.6. The fourth-order valence-corrected chi connectivity index (χ4v) is 2.77. The second-order valence-electron chi connectivity index (χ2n) is 3.71. The lowest BCUT2D eigenvalue weighted by molar-refractivity contribution is -0.135. The Morgan fingerprint density at radius 1 is 1.47 bits per heavy atom. The van der Waals surface area contributed by atoms with Gasteiger partial charge in [-0.25, -0.2) is 0 Å². The number of benzene rings is 1. The number of fused-ring (bicyclic) bond motifs is 1. The summed E-state index contributed by atoms with van der Waals surface area (Å²) in [4.78, 5) is 10.6. The van der Waals surface area contributed by atoms with E-state index >= 15 is 0 Å². The van der Waals surface area contributed by atoms with Crippen LogP contribution in [-0.2, 0) is 14.8 Å². The van der Waals surface area contributed by atoms with E-state index in [1.165, 1.54) is 6.07 Å². The van der Waals surface area contributed by atoms with Crippen LogP contribution in [0.2, 0.25) is 0 Å². The molecule has 6 nitrogen and oxygen atoms in total. The Balaban J connectivity index is 2.50. The standard InChI is InChI=1S/C10H10N2O4S/c1-6-2-3-7-8(4-6)17(15,16)12-9(11-7)5-10(13)14/h2-4H,5H2,1H3,(H,11,12)(H,13,14). The van der Waals surface area contributed by atoms with Gasteiger partial charge < -0.3 is 10.4 Å². The molecule has 1 heterocycles. The minimum atomic E-state index is -3.80. The number of nitrogens with zero attached hydrogens (tertiary/aromatic N) is 1. The van der Waals surface area contributed by atoms with E-state index in [-0.39, 0.29) is 10.7 Å². The van der Waals surface area contributed by atoms with Crippen molar-refractivity contribution in [2.24, 2.45) is 4.40 Å². The largest absolute Gasteiger partial charge is 0.481 e. The number of carboxylic acid groups (broad SMARTS) is 1. The van der Waals surface area contributed by atoms with E-state index < -0.39 is 22.4 Å². The van der Waals surface area contributed by atoms with Crippen LogP contribution < -0.4 is 5.32 Å². The lowest BCUT2D eigenvalue weighted by atomic mass is 10.2. The zero-order valence-electron chi connectivity index (χ0n) is 8.97. The van der Waals surface area contributed by atoms with E-state index in [9.17, 15) is 13.2 Å². The highest BCUT2D eigenvalue weighted by atomic mass is 32.2. The predicted molar refractivity (Wildman–Crippen MR) is 61.7 cm³/mol. The Morgan fingerprint density at radius 2 is 2.18 bits per heavy atom. The molecule has 7 heteroatoms. The Hall–Kier alpha value is -1.89. The number of nitrogens with one attached hydrogen (secondary N) is 1. The number of hydrogen-bond donors (Lipinski definition) is 2. The number of hydrogen-bond acceptors (Lipinski definition) is 4. The Bertz CT molecular complexity index is 619. The maximum atomic E-state index is 11.8. The molecule has 17 heavy (non-hydrogen) atoms. The normalized spacial score (nSPS) is 16.6. The van der Waals surface area contributed by atoms with Crippen LogP contribution in [0, 0.1) is 6.92 Å². The van der Waals surface area contributed by atoms with Crippen LogP contribution in [0.15, 0.2) is 27.5 Å². The molecule has 90 valence electrons. The van der Waals surface area contributed by atoms with Gasteiger partial charge in [-0.15, -0.1) is 4.40 Å². The molecule has 1 aliphatic heterocycles. The monoisotopic (exact) mass is 254 g/mol. The van der Waals surface area contributed by atoms with Crippen molar-refractivity contribution in [3.63, 3.8) is 0 Å². The Morgan fingerprint density at radius 3 is 2.82 bits per heavy atom. The number of aliphatic carboxylic acids is 1. The van der Waals surface area contributed by atoms with Gasteiger partial charge in [0.25, 0.3) is 10.0 Å². The molecule has 1 aliphatic rings. The van der Waals surface area contributed by atoms with E-state index in [0.29, 0.717) is 5.69 Å². The number of amidine groups is 1. The van der Waals surface area contributed by atoms with Gasteiger partial charge in [-0.3, -0.25) is 4.79 Å². The average molecular weight is 254 g/mol. The molecular formula is C10H10N2O4S. The van der Waals surface area contributed by atoms with Crippen molar-refractivity contribution in [2.45, 2.75) is 18.2 Å². The zero-order valence-corrected chi connectivity index (χ0v) is 9.78. The summed E-state index contributed by atoms with van der Waals surface area (Å²) in [6.07, 6.45) is -0.452. The number of carboxylic acids is 1. The number of aryl methyl sites for hydroxylation is 1. The highest BCUT2D eigenvalue weighted by Crippen LogP contribution is 2.28. The van der Waals surface area contributed by atoms with Crippen LogP contribution >= 0.6 is 0 Å². The minimum absolute atomic E-state index is 0.0751. The second kappa shape index (κ2) is 3.85. The van der Waals surface area contributed by atoms with Crippen LogP contribution in [-0.4, -0.2) is 25.3 Å². The lowest BCUT2D eigenvalue weighted by Gasteiger charge is -2.17. The molecule has 0 aromatic heterocycles. The van der Waals surface area contributed by atoms with Crippen molar-refractivity contribution >= 4 is 27.5 Å².